The molecular formula is C15H18N2O2. The van der Waals surface area contributed by atoms with Crippen LogP contribution in [-0.4, -0.2) is 11.8 Å². The SMILES string of the molecule is C/C=C/C=C/C(=O)NNC(=O)c1ccc(C)cc1C. The van der Waals surface area contributed by atoms with Crippen molar-refractivity contribution in [1.82, 2.24) is 10.9 Å². The second kappa shape index (κ2) is 7.16. The average molecular weight is 258 g/mol. The van der Waals surface area contributed by atoms with Crippen LogP contribution < -0.4 is 10.9 Å². The Bertz CT molecular complexity index is 531. The van der Waals surface area contributed by atoms with Gasteiger partial charge < -0.3 is 0 Å². The van der Waals surface area contributed by atoms with Gasteiger partial charge in [-0.05, 0) is 32.4 Å². The lowest BCUT2D eigenvalue weighted by Crippen LogP contribution is -2.41. The van der Waals surface area contributed by atoms with Gasteiger partial charge in [0, 0.05) is 11.6 Å². The Kier molecular flexibility index (Phi) is 5.54. The van der Waals surface area contributed by atoms with Crippen LogP contribution in [0.3, 0.4) is 0 Å². The van der Waals surface area contributed by atoms with Gasteiger partial charge in [0.2, 0.25) is 0 Å². The maximum Gasteiger partial charge on any atom is 0.269 e. The van der Waals surface area contributed by atoms with Crippen LogP contribution in [0.5, 0.6) is 0 Å². The molecule has 1 aromatic carbocycles. The molecule has 0 radical (unpaired) electrons. The highest BCUT2D eigenvalue weighted by Crippen LogP contribution is 2.09. The van der Waals surface area contributed by atoms with Crippen molar-refractivity contribution in [3.63, 3.8) is 0 Å². The van der Waals surface area contributed by atoms with E-state index in [1.165, 1.54) is 6.08 Å². The fourth-order valence-electron chi connectivity index (χ4n) is 1.55. The molecule has 1 aromatic rings. The Hall–Kier alpha value is -2.36. The van der Waals surface area contributed by atoms with Crippen molar-refractivity contribution < 1.29 is 9.59 Å². The number of allylic oxidation sites excluding steroid dienone is 3. The van der Waals surface area contributed by atoms with Gasteiger partial charge in [0.1, 0.15) is 0 Å². The maximum absolute atomic E-state index is 11.8. The predicted molar refractivity (Wildman–Crippen MR) is 75.5 cm³/mol. The number of nitrogens with one attached hydrogen (secondary N) is 2. The third-order valence-electron chi connectivity index (χ3n) is 2.48. The lowest BCUT2D eigenvalue weighted by atomic mass is 10.1. The van der Waals surface area contributed by atoms with Crippen LogP contribution in [0.2, 0.25) is 0 Å². The minimum Gasteiger partial charge on any atom is -0.268 e. The summed E-state index contributed by atoms with van der Waals surface area (Å²) in [4.78, 5) is 23.2. The van der Waals surface area contributed by atoms with Crippen molar-refractivity contribution in [2.45, 2.75) is 20.8 Å². The van der Waals surface area contributed by atoms with Crippen molar-refractivity contribution in [3.05, 3.63) is 59.2 Å². The van der Waals surface area contributed by atoms with Gasteiger partial charge in [0.05, 0.1) is 0 Å². The number of carbonyl (C=O) groups is 2. The van der Waals surface area contributed by atoms with Crippen LogP contribution in [0.1, 0.15) is 28.4 Å². The molecule has 4 heteroatoms. The fourth-order valence-corrected chi connectivity index (χ4v) is 1.55. The van der Waals surface area contributed by atoms with Gasteiger partial charge in [0.25, 0.3) is 11.8 Å². The molecule has 0 bridgehead atoms. The van der Waals surface area contributed by atoms with E-state index in [2.05, 4.69) is 10.9 Å². The van der Waals surface area contributed by atoms with Crippen molar-refractivity contribution in [2.24, 2.45) is 0 Å². The third-order valence-corrected chi connectivity index (χ3v) is 2.48. The van der Waals surface area contributed by atoms with Crippen LogP contribution in [0.25, 0.3) is 0 Å². The van der Waals surface area contributed by atoms with Gasteiger partial charge in [-0.2, -0.15) is 0 Å². The topological polar surface area (TPSA) is 58.2 Å². The third kappa shape index (κ3) is 4.79. The summed E-state index contributed by atoms with van der Waals surface area (Å²) in [5.41, 5.74) is 7.20. The largest absolute Gasteiger partial charge is 0.269 e. The number of hydrazine groups is 1. The predicted octanol–water partition coefficient (Wildman–Crippen LogP) is 2.20. The molecule has 0 fully saturated rings. The summed E-state index contributed by atoms with van der Waals surface area (Å²) in [5.74, 6) is -0.707. The number of rotatable bonds is 3. The smallest absolute Gasteiger partial charge is 0.268 e. The molecule has 1 rings (SSSR count). The summed E-state index contributed by atoms with van der Waals surface area (Å²) in [5, 5.41) is 0. The number of benzene rings is 1. The molecule has 0 unspecified atom stereocenters. The molecule has 100 valence electrons. The monoisotopic (exact) mass is 258 g/mol. The Morgan fingerprint density at radius 2 is 1.84 bits per heavy atom. The zero-order valence-corrected chi connectivity index (χ0v) is 11.4. The zero-order chi connectivity index (χ0) is 14.3. The summed E-state index contributed by atoms with van der Waals surface area (Å²) in [7, 11) is 0. The van der Waals surface area contributed by atoms with E-state index < -0.39 is 0 Å². The Morgan fingerprint density at radius 3 is 2.47 bits per heavy atom. The van der Waals surface area contributed by atoms with Gasteiger partial charge >= 0.3 is 0 Å². The van der Waals surface area contributed by atoms with Gasteiger partial charge in [-0.15, -0.1) is 0 Å². The van der Waals surface area contributed by atoms with E-state index in [0.717, 1.165) is 11.1 Å². The average Bonchev–Trinajstić information content (AvgIpc) is 2.36. The van der Waals surface area contributed by atoms with Gasteiger partial charge in [0.15, 0.2) is 0 Å². The molecule has 4 nitrogen and oxygen atoms in total. The first-order valence-electron chi connectivity index (χ1n) is 6.01. The zero-order valence-electron chi connectivity index (χ0n) is 11.4. The quantitative estimate of drug-likeness (QED) is 0.496. The summed E-state index contributed by atoms with van der Waals surface area (Å²) < 4.78 is 0. The van der Waals surface area contributed by atoms with Crippen molar-refractivity contribution in [2.75, 3.05) is 0 Å². The van der Waals surface area contributed by atoms with Crippen molar-refractivity contribution >= 4 is 11.8 Å². The molecule has 0 atom stereocenters. The highest BCUT2D eigenvalue weighted by Gasteiger charge is 2.08. The van der Waals surface area contributed by atoms with Crippen LogP contribution >= 0.6 is 0 Å². The molecule has 0 aliphatic carbocycles. The lowest BCUT2D eigenvalue weighted by Gasteiger charge is -2.08. The van der Waals surface area contributed by atoms with Gasteiger partial charge in [-0.1, -0.05) is 35.9 Å². The number of hydrogen-bond acceptors (Lipinski definition) is 2. The lowest BCUT2D eigenvalue weighted by molar-refractivity contribution is -0.117. The molecular weight excluding hydrogens is 240 g/mol. The maximum atomic E-state index is 11.8. The van der Waals surface area contributed by atoms with Crippen molar-refractivity contribution in [3.8, 4) is 0 Å². The first kappa shape index (κ1) is 14.7. The molecule has 2 N–H and O–H groups in total. The second-order valence-electron chi connectivity index (χ2n) is 4.15. The minimum atomic E-state index is -0.379. The molecule has 0 saturated carbocycles. The van der Waals surface area contributed by atoms with E-state index in [9.17, 15) is 9.59 Å². The Morgan fingerprint density at radius 1 is 1.11 bits per heavy atom. The molecule has 19 heavy (non-hydrogen) atoms. The van der Waals surface area contributed by atoms with Crippen molar-refractivity contribution in [1.29, 1.82) is 0 Å². The van der Waals surface area contributed by atoms with E-state index in [-0.39, 0.29) is 11.8 Å². The van der Waals surface area contributed by atoms with Gasteiger partial charge in [-0.25, -0.2) is 0 Å². The van der Waals surface area contributed by atoms with E-state index in [1.807, 2.05) is 32.9 Å². The second-order valence-corrected chi connectivity index (χ2v) is 4.15. The minimum absolute atomic E-state index is 0.328. The Labute approximate surface area is 113 Å². The van der Waals surface area contributed by atoms with Gasteiger partial charge in [-0.3, -0.25) is 20.4 Å². The summed E-state index contributed by atoms with van der Waals surface area (Å²) >= 11 is 0. The van der Waals surface area contributed by atoms with Crippen LogP contribution in [-0.2, 0) is 4.79 Å². The summed E-state index contributed by atoms with van der Waals surface area (Å²) in [6.07, 6.45) is 6.46. The van der Waals surface area contributed by atoms with Crippen LogP contribution in [0.15, 0.2) is 42.5 Å². The fraction of sp³-hybridized carbons (Fsp3) is 0.200. The highest BCUT2D eigenvalue weighted by molar-refractivity contribution is 5.97. The van der Waals surface area contributed by atoms with Crippen LogP contribution in [0.4, 0.5) is 0 Å². The number of hydrogen-bond donors (Lipinski definition) is 2. The highest BCUT2D eigenvalue weighted by atomic mass is 16.2. The first-order chi connectivity index (χ1) is 9.04. The number of amides is 2. The Balaban J connectivity index is 2.58. The molecule has 0 saturated heterocycles. The standard InChI is InChI=1S/C15H18N2O2/c1-4-5-6-7-14(18)16-17-15(19)13-9-8-11(2)10-12(13)3/h4-10H,1-3H3,(H,16,18)(H,17,19)/b5-4+,7-6+. The molecule has 0 aliphatic heterocycles. The van der Waals surface area contributed by atoms with E-state index in [4.69, 9.17) is 0 Å². The normalized spacial score (nSPS) is 10.9. The summed E-state index contributed by atoms with van der Waals surface area (Å²) in [6, 6.07) is 5.51. The first-order valence-corrected chi connectivity index (χ1v) is 6.01. The van der Waals surface area contributed by atoms with E-state index >= 15 is 0 Å². The molecule has 0 aliphatic rings. The van der Waals surface area contributed by atoms with E-state index in [1.54, 1.807) is 24.3 Å². The molecule has 0 heterocycles. The van der Waals surface area contributed by atoms with E-state index in [0.29, 0.717) is 5.56 Å². The number of aryl methyl sites for hydroxylation is 2. The van der Waals surface area contributed by atoms with Crippen LogP contribution in [0, 0.1) is 13.8 Å². The molecule has 0 spiro atoms. The summed E-state index contributed by atoms with van der Waals surface area (Å²) in [6.45, 7) is 5.67. The number of carbonyl (C=O) groups excluding carboxylic acids is 2. The molecule has 0 aromatic heterocycles. The molecule has 2 amide bonds.